The lowest BCUT2D eigenvalue weighted by Gasteiger charge is -2.26. The summed E-state index contributed by atoms with van der Waals surface area (Å²) in [5.41, 5.74) is 1.67. The molecule has 3 heteroatoms. The van der Waals surface area contributed by atoms with Crippen molar-refractivity contribution in [1.82, 2.24) is 5.32 Å². The fraction of sp³-hybridized carbons (Fsp3) is 0.562. The number of amides is 1. The molecular weight excluding hydrogens is 236 g/mol. The van der Waals surface area contributed by atoms with Gasteiger partial charge >= 0.3 is 0 Å². The number of carbonyl (C=O) groups is 1. The van der Waals surface area contributed by atoms with Crippen LogP contribution in [-0.2, 0) is 0 Å². The molecule has 104 valence electrons. The van der Waals surface area contributed by atoms with Gasteiger partial charge in [-0.2, -0.15) is 0 Å². The maximum atomic E-state index is 12.4. The monoisotopic (exact) mass is 260 g/mol. The van der Waals surface area contributed by atoms with Crippen molar-refractivity contribution < 1.29 is 4.79 Å². The molecule has 2 rings (SSSR count). The summed E-state index contributed by atoms with van der Waals surface area (Å²) in [5.74, 6) is 0.0450. The number of carbonyl (C=O) groups excluding carboxylic acids is 1. The minimum absolute atomic E-state index is 0.0189. The van der Waals surface area contributed by atoms with Crippen LogP contribution in [0.1, 0.15) is 56.3 Å². The summed E-state index contributed by atoms with van der Waals surface area (Å²) < 4.78 is 0. The summed E-state index contributed by atoms with van der Waals surface area (Å²) in [6, 6.07) is 7.75. The molecule has 1 aromatic rings. The number of benzene rings is 1. The van der Waals surface area contributed by atoms with E-state index in [-0.39, 0.29) is 11.4 Å². The maximum absolute atomic E-state index is 12.4. The molecule has 1 aromatic carbocycles. The van der Waals surface area contributed by atoms with Gasteiger partial charge in [0.25, 0.3) is 5.91 Å². The first-order chi connectivity index (χ1) is 9.14. The molecule has 0 saturated heterocycles. The molecule has 1 saturated carbocycles. The fourth-order valence-electron chi connectivity index (χ4n) is 2.72. The fourth-order valence-corrected chi connectivity index (χ4v) is 2.72. The van der Waals surface area contributed by atoms with Gasteiger partial charge < -0.3 is 10.6 Å². The molecule has 0 aliphatic heterocycles. The third-order valence-corrected chi connectivity index (χ3v) is 3.86. The summed E-state index contributed by atoms with van der Waals surface area (Å²) in [6.07, 6.45) is 5.65. The first-order valence-corrected chi connectivity index (χ1v) is 7.30. The van der Waals surface area contributed by atoms with E-state index in [0.717, 1.165) is 37.1 Å². The molecular formula is C16H24N2O. The van der Waals surface area contributed by atoms with Gasteiger partial charge in [0.05, 0.1) is 5.56 Å². The lowest BCUT2D eigenvalue weighted by Crippen LogP contribution is -2.43. The molecule has 1 amide bonds. The van der Waals surface area contributed by atoms with E-state index < -0.39 is 0 Å². The zero-order chi connectivity index (χ0) is 13.7. The molecule has 2 N–H and O–H groups in total. The predicted molar refractivity (Wildman–Crippen MR) is 79.6 cm³/mol. The van der Waals surface area contributed by atoms with Crippen LogP contribution < -0.4 is 10.6 Å². The molecule has 1 aliphatic rings. The molecule has 0 spiro atoms. The highest BCUT2D eigenvalue weighted by atomic mass is 16.1. The van der Waals surface area contributed by atoms with Crippen molar-refractivity contribution in [1.29, 1.82) is 0 Å². The number of anilines is 1. The van der Waals surface area contributed by atoms with Crippen molar-refractivity contribution in [3.8, 4) is 0 Å². The summed E-state index contributed by atoms with van der Waals surface area (Å²) in [4.78, 5) is 12.4. The Morgan fingerprint density at radius 2 is 1.95 bits per heavy atom. The van der Waals surface area contributed by atoms with E-state index in [4.69, 9.17) is 0 Å². The van der Waals surface area contributed by atoms with Crippen LogP contribution in [0.3, 0.4) is 0 Å². The Hall–Kier alpha value is -1.51. The topological polar surface area (TPSA) is 41.1 Å². The average Bonchev–Trinajstić information content (AvgIpc) is 2.83. The Balaban J connectivity index is 2.09. The van der Waals surface area contributed by atoms with Gasteiger partial charge in [-0.25, -0.2) is 0 Å². The second-order valence-corrected chi connectivity index (χ2v) is 5.69. The smallest absolute Gasteiger partial charge is 0.253 e. The predicted octanol–water partition coefficient (Wildman–Crippen LogP) is 3.57. The second kappa shape index (κ2) is 6.09. The minimum Gasteiger partial charge on any atom is -0.384 e. The van der Waals surface area contributed by atoms with E-state index in [0.29, 0.717) is 0 Å². The number of hydrogen-bond donors (Lipinski definition) is 2. The number of nitrogens with one attached hydrogen (secondary N) is 2. The van der Waals surface area contributed by atoms with Crippen molar-refractivity contribution in [2.45, 2.75) is 51.5 Å². The van der Waals surface area contributed by atoms with Crippen LogP contribution in [0, 0.1) is 0 Å². The summed E-state index contributed by atoms with van der Waals surface area (Å²) in [6.45, 7) is 5.16. The Kier molecular flexibility index (Phi) is 4.46. The van der Waals surface area contributed by atoms with E-state index in [2.05, 4.69) is 24.5 Å². The first-order valence-electron chi connectivity index (χ1n) is 7.30. The van der Waals surface area contributed by atoms with Crippen LogP contribution in [0.4, 0.5) is 5.69 Å². The van der Waals surface area contributed by atoms with Crippen LogP contribution >= 0.6 is 0 Å². The molecule has 1 fully saturated rings. The molecule has 0 heterocycles. The molecule has 0 unspecified atom stereocenters. The highest BCUT2D eigenvalue weighted by Gasteiger charge is 2.30. The molecule has 19 heavy (non-hydrogen) atoms. The third kappa shape index (κ3) is 3.49. The third-order valence-electron chi connectivity index (χ3n) is 3.86. The highest BCUT2D eigenvalue weighted by Crippen LogP contribution is 2.29. The lowest BCUT2D eigenvalue weighted by molar-refractivity contribution is 0.0909. The highest BCUT2D eigenvalue weighted by molar-refractivity contribution is 6.00. The van der Waals surface area contributed by atoms with Gasteiger partial charge in [-0.15, -0.1) is 0 Å². The van der Waals surface area contributed by atoms with Crippen molar-refractivity contribution in [2.24, 2.45) is 0 Å². The molecule has 0 aromatic heterocycles. The van der Waals surface area contributed by atoms with Gasteiger partial charge in [-0.3, -0.25) is 4.79 Å². The average molecular weight is 260 g/mol. The van der Waals surface area contributed by atoms with Crippen LogP contribution in [0.5, 0.6) is 0 Å². The van der Waals surface area contributed by atoms with Gasteiger partial charge in [0.2, 0.25) is 0 Å². The Labute approximate surface area is 115 Å². The van der Waals surface area contributed by atoms with Crippen LogP contribution in [0.2, 0.25) is 0 Å². The van der Waals surface area contributed by atoms with Gasteiger partial charge in [0, 0.05) is 17.8 Å². The summed E-state index contributed by atoms with van der Waals surface area (Å²) in [7, 11) is 0. The Morgan fingerprint density at radius 1 is 1.26 bits per heavy atom. The SMILES string of the molecule is CCCNc1ccccc1C(=O)NC1(C)CCCC1. The van der Waals surface area contributed by atoms with E-state index >= 15 is 0 Å². The van der Waals surface area contributed by atoms with E-state index in [1.807, 2.05) is 24.3 Å². The molecule has 3 nitrogen and oxygen atoms in total. The van der Waals surface area contributed by atoms with Crippen LogP contribution in [-0.4, -0.2) is 18.0 Å². The molecule has 0 bridgehead atoms. The largest absolute Gasteiger partial charge is 0.384 e. The van der Waals surface area contributed by atoms with Gasteiger partial charge in [0.1, 0.15) is 0 Å². The standard InChI is InChI=1S/C16H24N2O/c1-3-12-17-14-9-5-4-8-13(14)15(19)18-16(2)10-6-7-11-16/h4-5,8-9,17H,3,6-7,10-12H2,1-2H3,(H,18,19). The van der Waals surface area contributed by atoms with Gasteiger partial charge in [-0.05, 0) is 38.3 Å². The van der Waals surface area contributed by atoms with E-state index in [1.54, 1.807) is 0 Å². The normalized spacial score (nSPS) is 17.2. The zero-order valence-electron chi connectivity index (χ0n) is 12.0. The van der Waals surface area contributed by atoms with Crippen molar-refractivity contribution >= 4 is 11.6 Å². The molecule has 0 atom stereocenters. The Morgan fingerprint density at radius 3 is 2.63 bits per heavy atom. The van der Waals surface area contributed by atoms with Crippen LogP contribution in [0.25, 0.3) is 0 Å². The zero-order valence-corrected chi connectivity index (χ0v) is 12.0. The number of para-hydroxylation sites is 1. The number of hydrogen-bond acceptors (Lipinski definition) is 2. The minimum atomic E-state index is -0.0189. The molecule has 1 aliphatic carbocycles. The maximum Gasteiger partial charge on any atom is 0.253 e. The van der Waals surface area contributed by atoms with Crippen molar-refractivity contribution in [3.05, 3.63) is 29.8 Å². The van der Waals surface area contributed by atoms with Gasteiger partial charge in [-0.1, -0.05) is 31.9 Å². The van der Waals surface area contributed by atoms with E-state index in [1.165, 1.54) is 12.8 Å². The Bertz CT molecular complexity index is 436. The quantitative estimate of drug-likeness (QED) is 0.849. The van der Waals surface area contributed by atoms with E-state index in [9.17, 15) is 4.79 Å². The second-order valence-electron chi connectivity index (χ2n) is 5.69. The summed E-state index contributed by atoms with van der Waals surface area (Å²) >= 11 is 0. The summed E-state index contributed by atoms with van der Waals surface area (Å²) in [5, 5.41) is 6.53. The van der Waals surface area contributed by atoms with Crippen molar-refractivity contribution in [2.75, 3.05) is 11.9 Å². The molecule has 0 radical (unpaired) electrons. The van der Waals surface area contributed by atoms with Crippen LogP contribution in [0.15, 0.2) is 24.3 Å². The first kappa shape index (κ1) is 13.9. The lowest BCUT2D eigenvalue weighted by atomic mass is 9.99. The van der Waals surface area contributed by atoms with Crippen molar-refractivity contribution in [3.63, 3.8) is 0 Å². The van der Waals surface area contributed by atoms with Gasteiger partial charge in [0.15, 0.2) is 0 Å². The number of rotatable bonds is 5.